The zero-order valence-electron chi connectivity index (χ0n) is 12.0. The quantitative estimate of drug-likeness (QED) is 0.735. The normalized spacial score (nSPS) is 10.5. The van der Waals surface area contributed by atoms with Crippen molar-refractivity contribution in [2.75, 3.05) is 13.2 Å². The van der Waals surface area contributed by atoms with Crippen LogP contribution in [0.1, 0.15) is 27.0 Å². The summed E-state index contributed by atoms with van der Waals surface area (Å²) >= 11 is 1.82. The van der Waals surface area contributed by atoms with Gasteiger partial charge in [-0.1, -0.05) is 13.0 Å². The molecular weight excluding hydrogens is 286 g/mol. The molecule has 0 saturated heterocycles. The van der Waals surface area contributed by atoms with Gasteiger partial charge >= 0.3 is 5.97 Å². The molecule has 2 N–H and O–H groups in total. The van der Waals surface area contributed by atoms with Gasteiger partial charge in [0.1, 0.15) is 12.4 Å². The first kappa shape index (κ1) is 15.5. The second kappa shape index (κ2) is 7.81. The number of carbonyl (C=O) groups is 1. The number of nitrogens with one attached hydrogen (secondary N) is 1. The van der Waals surface area contributed by atoms with Crippen molar-refractivity contribution < 1.29 is 14.6 Å². The third-order valence-electron chi connectivity index (χ3n) is 2.99. The molecule has 0 unspecified atom stereocenters. The standard InChI is InChI=1S/C16H19NO3S/c1-2-14-6-7-15(21-14)11-17-8-9-20-13-5-3-4-12(10-13)16(18)19/h3-7,10,17H,2,8-9,11H2,1H3,(H,18,19). The van der Waals surface area contributed by atoms with Gasteiger partial charge in [-0.25, -0.2) is 4.79 Å². The van der Waals surface area contributed by atoms with Gasteiger partial charge in [0.2, 0.25) is 0 Å². The Labute approximate surface area is 128 Å². The van der Waals surface area contributed by atoms with Crippen molar-refractivity contribution in [1.82, 2.24) is 5.32 Å². The van der Waals surface area contributed by atoms with E-state index >= 15 is 0 Å². The molecule has 0 aliphatic rings. The van der Waals surface area contributed by atoms with Crippen molar-refractivity contribution >= 4 is 17.3 Å². The zero-order chi connectivity index (χ0) is 15.1. The molecule has 0 aliphatic heterocycles. The third-order valence-corrected chi connectivity index (χ3v) is 4.22. The van der Waals surface area contributed by atoms with E-state index in [0.717, 1.165) is 19.5 Å². The van der Waals surface area contributed by atoms with Crippen molar-refractivity contribution in [3.63, 3.8) is 0 Å². The summed E-state index contributed by atoms with van der Waals surface area (Å²) in [5.74, 6) is -0.357. The van der Waals surface area contributed by atoms with E-state index in [0.29, 0.717) is 12.4 Å². The molecule has 0 radical (unpaired) electrons. The van der Waals surface area contributed by atoms with Crippen LogP contribution >= 0.6 is 11.3 Å². The Balaban J connectivity index is 1.70. The molecule has 0 amide bonds. The van der Waals surface area contributed by atoms with Gasteiger partial charge in [-0.15, -0.1) is 11.3 Å². The number of rotatable bonds is 8. The molecule has 0 saturated carbocycles. The molecule has 1 heterocycles. The number of hydrogen-bond donors (Lipinski definition) is 2. The van der Waals surface area contributed by atoms with Crippen molar-refractivity contribution in [2.45, 2.75) is 19.9 Å². The minimum atomic E-state index is -0.942. The lowest BCUT2D eigenvalue weighted by atomic mass is 10.2. The highest BCUT2D eigenvalue weighted by atomic mass is 32.1. The number of ether oxygens (including phenoxy) is 1. The topological polar surface area (TPSA) is 58.6 Å². The maximum absolute atomic E-state index is 10.8. The molecule has 5 heteroatoms. The molecule has 0 bridgehead atoms. The first-order valence-corrected chi connectivity index (χ1v) is 7.75. The summed E-state index contributed by atoms with van der Waals surface area (Å²) in [7, 11) is 0. The molecular formula is C16H19NO3S. The molecule has 0 aliphatic carbocycles. The second-order valence-electron chi connectivity index (χ2n) is 4.58. The van der Waals surface area contributed by atoms with Gasteiger partial charge in [-0.2, -0.15) is 0 Å². The molecule has 112 valence electrons. The van der Waals surface area contributed by atoms with Crippen LogP contribution in [0.25, 0.3) is 0 Å². The monoisotopic (exact) mass is 305 g/mol. The number of carboxylic acids is 1. The average molecular weight is 305 g/mol. The Hall–Kier alpha value is -1.85. The van der Waals surface area contributed by atoms with E-state index in [9.17, 15) is 4.79 Å². The predicted octanol–water partition coefficient (Wildman–Crippen LogP) is 3.18. The van der Waals surface area contributed by atoms with Crippen LogP contribution in [-0.4, -0.2) is 24.2 Å². The van der Waals surface area contributed by atoms with Crippen molar-refractivity contribution in [3.8, 4) is 5.75 Å². The predicted molar refractivity (Wildman–Crippen MR) is 84.3 cm³/mol. The summed E-state index contributed by atoms with van der Waals surface area (Å²) < 4.78 is 5.54. The number of aryl methyl sites for hydroxylation is 1. The molecule has 1 aromatic carbocycles. The van der Waals surface area contributed by atoms with Crippen LogP contribution in [0.2, 0.25) is 0 Å². The Morgan fingerprint density at radius 2 is 2.10 bits per heavy atom. The Morgan fingerprint density at radius 1 is 1.29 bits per heavy atom. The summed E-state index contributed by atoms with van der Waals surface area (Å²) in [6.07, 6.45) is 1.08. The Kier molecular flexibility index (Phi) is 5.78. The summed E-state index contributed by atoms with van der Waals surface area (Å²) in [5, 5.41) is 12.2. The van der Waals surface area contributed by atoms with E-state index in [1.54, 1.807) is 18.2 Å². The summed E-state index contributed by atoms with van der Waals surface area (Å²) in [4.78, 5) is 13.6. The molecule has 1 aromatic heterocycles. The zero-order valence-corrected chi connectivity index (χ0v) is 12.8. The lowest BCUT2D eigenvalue weighted by Gasteiger charge is -2.07. The van der Waals surface area contributed by atoms with E-state index in [1.165, 1.54) is 15.8 Å². The van der Waals surface area contributed by atoms with Crippen molar-refractivity contribution in [2.24, 2.45) is 0 Å². The van der Waals surface area contributed by atoms with Gasteiger partial charge in [0.25, 0.3) is 0 Å². The van der Waals surface area contributed by atoms with Gasteiger partial charge in [0, 0.05) is 22.8 Å². The van der Waals surface area contributed by atoms with E-state index in [4.69, 9.17) is 9.84 Å². The van der Waals surface area contributed by atoms with Gasteiger partial charge in [-0.3, -0.25) is 0 Å². The molecule has 21 heavy (non-hydrogen) atoms. The Bertz CT molecular complexity index is 595. The van der Waals surface area contributed by atoms with Gasteiger partial charge < -0.3 is 15.2 Å². The highest BCUT2D eigenvalue weighted by Crippen LogP contribution is 2.16. The SMILES string of the molecule is CCc1ccc(CNCCOc2cccc(C(=O)O)c2)s1. The Morgan fingerprint density at radius 3 is 2.81 bits per heavy atom. The number of thiophene rings is 1. The van der Waals surface area contributed by atoms with Crippen LogP contribution in [0, 0.1) is 0 Å². The fourth-order valence-electron chi connectivity index (χ4n) is 1.88. The van der Waals surface area contributed by atoms with E-state index in [1.807, 2.05) is 11.3 Å². The first-order valence-electron chi connectivity index (χ1n) is 6.93. The van der Waals surface area contributed by atoms with Crippen LogP contribution < -0.4 is 10.1 Å². The lowest BCUT2D eigenvalue weighted by Crippen LogP contribution is -2.20. The van der Waals surface area contributed by atoms with Crippen molar-refractivity contribution in [3.05, 3.63) is 51.7 Å². The van der Waals surface area contributed by atoms with Crippen LogP contribution in [0.3, 0.4) is 0 Å². The van der Waals surface area contributed by atoms with Gasteiger partial charge in [0.15, 0.2) is 0 Å². The van der Waals surface area contributed by atoms with Crippen LogP contribution in [-0.2, 0) is 13.0 Å². The molecule has 0 atom stereocenters. The highest BCUT2D eigenvalue weighted by Gasteiger charge is 2.03. The second-order valence-corrected chi connectivity index (χ2v) is 5.83. The summed E-state index contributed by atoms with van der Waals surface area (Å²) in [6, 6.07) is 10.8. The minimum Gasteiger partial charge on any atom is -0.492 e. The number of aromatic carboxylic acids is 1. The fraction of sp³-hybridized carbons (Fsp3) is 0.312. The molecule has 2 aromatic rings. The lowest BCUT2D eigenvalue weighted by molar-refractivity contribution is 0.0696. The van der Waals surface area contributed by atoms with E-state index < -0.39 is 5.97 Å². The molecule has 0 spiro atoms. The van der Waals surface area contributed by atoms with Gasteiger partial charge in [0.05, 0.1) is 5.56 Å². The van der Waals surface area contributed by atoms with Gasteiger partial charge in [-0.05, 0) is 36.8 Å². The van der Waals surface area contributed by atoms with E-state index in [2.05, 4.69) is 24.4 Å². The summed E-state index contributed by atoms with van der Waals surface area (Å²) in [5.41, 5.74) is 0.242. The molecule has 4 nitrogen and oxygen atoms in total. The van der Waals surface area contributed by atoms with Crippen molar-refractivity contribution in [1.29, 1.82) is 0 Å². The minimum absolute atomic E-state index is 0.242. The first-order chi connectivity index (χ1) is 10.2. The highest BCUT2D eigenvalue weighted by molar-refractivity contribution is 7.11. The smallest absolute Gasteiger partial charge is 0.335 e. The largest absolute Gasteiger partial charge is 0.492 e. The molecule has 2 rings (SSSR count). The van der Waals surface area contributed by atoms with E-state index in [-0.39, 0.29) is 5.56 Å². The van der Waals surface area contributed by atoms with Crippen LogP contribution in [0.15, 0.2) is 36.4 Å². The number of hydrogen-bond acceptors (Lipinski definition) is 4. The maximum Gasteiger partial charge on any atom is 0.335 e. The summed E-state index contributed by atoms with van der Waals surface area (Å²) in [6.45, 7) is 4.22. The maximum atomic E-state index is 10.8. The average Bonchev–Trinajstić information content (AvgIpc) is 2.95. The van der Waals surface area contributed by atoms with Crippen LogP contribution in [0.5, 0.6) is 5.75 Å². The third kappa shape index (κ3) is 4.88. The number of carboxylic acid groups (broad SMARTS) is 1. The molecule has 0 fully saturated rings. The van der Waals surface area contributed by atoms with Crippen LogP contribution in [0.4, 0.5) is 0 Å². The fourth-order valence-corrected chi connectivity index (χ4v) is 2.81. The number of benzene rings is 1.